The average Bonchev–Trinajstić information content (AvgIpc) is 2.80. The summed E-state index contributed by atoms with van der Waals surface area (Å²) in [5, 5.41) is 0. The minimum atomic E-state index is -0.311. The van der Waals surface area contributed by atoms with Crippen LogP contribution in [0.4, 0.5) is 4.79 Å². The summed E-state index contributed by atoms with van der Waals surface area (Å²) < 4.78 is 10.3. The summed E-state index contributed by atoms with van der Waals surface area (Å²) in [5.41, 5.74) is 0.551. The van der Waals surface area contributed by atoms with E-state index in [2.05, 4.69) is 0 Å². The van der Waals surface area contributed by atoms with Crippen molar-refractivity contribution in [1.29, 1.82) is 0 Å². The molecule has 6 heteroatoms. The minimum absolute atomic E-state index is 0.0665. The van der Waals surface area contributed by atoms with E-state index in [-0.39, 0.29) is 12.0 Å². The van der Waals surface area contributed by atoms with Gasteiger partial charge in [0.2, 0.25) is 0 Å². The summed E-state index contributed by atoms with van der Waals surface area (Å²) in [6.07, 6.45) is 0.425. The normalized spacial score (nSPS) is 15.2. The number of carbonyl (C=O) groups is 2. The van der Waals surface area contributed by atoms with Crippen LogP contribution in [0, 0.1) is 0 Å². The van der Waals surface area contributed by atoms with Crippen molar-refractivity contribution in [1.82, 2.24) is 9.80 Å². The van der Waals surface area contributed by atoms with E-state index >= 15 is 0 Å². The molecule has 0 bridgehead atoms. The molecule has 1 aliphatic rings. The standard InChI is InChI=1S/C16H22N2O4/c1-3-22-16(20)18-10-6-9-17(11-12-18)15(19)13-7-4-5-8-14(13)21-2/h4-5,7-8H,3,6,9-12H2,1-2H3. The summed E-state index contributed by atoms with van der Waals surface area (Å²) in [6, 6.07) is 7.18. The van der Waals surface area contributed by atoms with E-state index in [0.29, 0.717) is 44.1 Å². The van der Waals surface area contributed by atoms with Gasteiger partial charge in [0.15, 0.2) is 0 Å². The molecule has 2 rings (SSSR count). The molecule has 2 amide bonds. The maximum absolute atomic E-state index is 12.6. The van der Waals surface area contributed by atoms with Crippen molar-refractivity contribution in [2.75, 3.05) is 39.9 Å². The van der Waals surface area contributed by atoms with Gasteiger partial charge in [-0.25, -0.2) is 4.79 Å². The van der Waals surface area contributed by atoms with E-state index in [1.807, 2.05) is 12.1 Å². The third kappa shape index (κ3) is 3.69. The first kappa shape index (κ1) is 16.1. The SMILES string of the molecule is CCOC(=O)N1CCCN(C(=O)c2ccccc2OC)CC1. The van der Waals surface area contributed by atoms with Gasteiger partial charge in [-0.15, -0.1) is 0 Å². The van der Waals surface area contributed by atoms with Crippen LogP contribution in [-0.2, 0) is 4.74 Å². The summed E-state index contributed by atoms with van der Waals surface area (Å²) in [4.78, 5) is 27.8. The van der Waals surface area contributed by atoms with Crippen LogP contribution in [0.15, 0.2) is 24.3 Å². The van der Waals surface area contributed by atoms with Gasteiger partial charge in [0.05, 0.1) is 19.3 Å². The maximum Gasteiger partial charge on any atom is 0.409 e. The average molecular weight is 306 g/mol. The van der Waals surface area contributed by atoms with Crippen LogP contribution < -0.4 is 4.74 Å². The van der Waals surface area contributed by atoms with Crippen molar-refractivity contribution in [3.05, 3.63) is 29.8 Å². The molecule has 0 radical (unpaired) electrons. The van der Waals surface area contributed by atoms with Gasteiger partial charge in [0.1, 0.15) is 5.75 Å². The molecule has 0 aliphatic carbocycles. The van der Waals surface area contributed by atoms with Crippen LogP contribution in [0.2, 0.25) is 0 Å². The number of carbonyl (C=O) groups excluding carboxylic acids is 2. The molecular formula is C16H22N2O4. The van der Waals surface area contributed by atoms with Crippen molar-refractivity contribution in [3.8, 4) is 5.75 Å². The topological polar surface area (TPSA) is 59.1 Å². The third-order valence-electron chi connectivity index (χ3n) is 3.65. The fourth-order valence-electron chi connectivity index (χ4n) is 2.51. The molecule has 0 unspecified atom stereocenters. The first-order valence-electron chi connectivity index (χ1n) is 7.51. The van der Waals surface area contributed by atoms with Crippen molar-refractivity contribution >= 4 is 12.0 Å². The van der Waals surface area contributed by atoms with Gasteiger partial charge >= 0.3 is 6.09 Å². The second-order valence-electron chi connectivity index (χ2n) is 5.03. The highest BCUT2D eigenvalue weighted by atomic mass is 16.6. The summed E-state index contributed by atoms with van der Waals surface area (Å²) in [5.74, 6) is 0.502. The number of methoxy groups -OCH3 is 1. The lowest BCUT2D eigenvalue weighted by atomic mass is 10.1. The second kappa shape index (κ2) is 7.68. The lowest BCUT2D eigenvalue weighted by molar-refractivity contribution is 0.0750. The predicted octanol–water partition coefficient (Wildman–Crippen LogP) is 2.00. The summed E-state index contributed by atoms with van der Waals surface area (Å²) in [6.45, 7) is 4.35. The van der Waals surface area contributed by atoms with Crippen LogP contribution in [0.25, 0.3) is 0 Å². The second-order valence-corrected chi connectivity index (χ2v) is 5.03. The zero-order chi connectivity index (χ0) is 15.9. The van der Waals surface area contributed by atoms with Crippen LogP contribution in [-0.4, -0.2) is 61.7 Å². The fourth-order valence-corrected chi connectivity index (χ4v) is 2.51. The van der Waals surface area contributed by atoms with Crippen molar-refractivity contribution in [2.24, 2.45) is 0 Å². The highest BCUT2D eigenvalue weighted by Crippen LogP contribution is 2.20. The number of amides is 2. The van der Waals surface area contributed by atoms with E-state index in [4.69, 9.17) is 9.47 Å². The van der Waals surface area contributed by atoms with Gasteiger partial charge in [-0.3, -0.25) is 4.79 Å². The van der Waals surface area contributed by atoms with Crippen molar-refractivity contribution in [3.63, 3.8) is 0 Å². The molecule has 1 aromatic carbocycles. The molecular weight excluding hydrogens is 284 g/mol. The Balaban J connectivity index is 2.04. The Kier molecular flexibility index (Phi) is 5.63. The highest BCUT2D eigenvalue weighted by molar-refractivity contribution is 5.97. The van der Waals surface area contributed by atoms with Crippen molar-refractivity contribution in [2.45, 2.75) is 13.3 Å². The zero-order valence-corrected chi connectivity index (χ0v) is 13.1. The molecule has 1 fully saturated rings. The highest BCUT2D eigenvalue weighted by Gasteiger charge is 2.24. The number of hydrogen-bond donors (Lipinski definition) is 0. The number of hydrogen-bond acceptors (Lipinski definition) is 4. The van der Waals surface area contributed by atoms with E-state index in [1.165, 1.54) is 0 Å². The van der Waals surface area contributed by atoms with Gasteiger partial charge in [-0.05, 0) is 25.5 Å². The predicted molar refractivity (Wildman–Crippen MR) is 82.1 cm³/mol. The molecule has 0 aromatic heterocycles. The zero-order valence-electron chi connectivity index (χ0n) is 13.1. The van der Waals surface area contributed by atoms with E-state index in [9.17, 15) is 9.59 Å². The molecule has 22 heavy (non-hydrogen) atoms. The molecule has 0 spiro atoms. The van der Waals surface area contributed by atoms with Crippen LogP contribution in [0.5, 0.6) is 5.75 Å². The van der Waals surface area contributed by atoms with Crippen LogP contribution >= 0.6 is 0 Å². The Bertz CT molecular complexity index is 533. The van der Waals surface area contributed by atoms with E-state index in [0.717, 1.165) is 6.42 Å². The fraction of sp³-hybridized carbons (Fsp3) is 0.500. The summed E-state index contributed by atoms with van der Waals surface area (Å²) >= 11 is 0. The van der Waals surface area contributed by atoms with Crippen LogP contribution in [0.3, 0.4) is 0 Å². The molecule has 1 aromatic rings. The Morgan fingerprint density at radius 3 is 2.50 bits per heavy atom. The Labute approximate surface area is 130 Å². The maximum atomic E-state index is 12.6. The number of benzene rings is 1. The quantitative estimate of drug-likeness (QED) is 0.857. The van der Waals surface area contributed by atoms with Gasteiger partial charge < -0.3 is 19.3 Å². The van der Waals surface area contributed by atoms with Crippen LogP contribution in [0.1, 0.15) is 23.7 Å². The van der Waals surface area contributed by atoms with Gasteiger partial charge in [0, 0.05) is 26.2 Å². The minimum Gasteiger partial charge on any atom is -0.496 e. The molecule has 120 valence electrons. The number of ether oxygens (including phenoxy) is 2. The molecule has 1 heterocycles. The molecule has 0 atom stereocenters. The number of para-hydroxylation sites is 1. The Morgan fingerprint density at radius 1 is 1.09 bits per heavy atom. The van der Waals surface area contributed by atoms with E-state index in [1.54, 1.807) is 36.0 Å². The first-order chi connectivity index (χ1) is 10.7. The third-order valence-corrected chi connectivity index (χ3v) is 3.65. The monoisotopic (exact) mass is 306 g/mol. The van der Waals surface area contributed by atoms with Crippen molar-refractivity contribution < 1.29 is 19.1 Å². The molecule has 0 N–H and O–H groups in total. The number of nitrogens with zero attached hydrogens (tertiary/aromatic N) is 2. The summed E-state index contributed by atoms with van der Waals surface area (Å²) in [7, 11) is 1.55. The lowest BCUT2D eigenvalue weighted by Crippen LogP contribution is -2.37. The van der Waals surface area contributed by atoms with Gasteiger partial charge in [-0.2, -0.15) is 0 Å². The number of rotatable bonds is 3. The van der Waals surface area contributed by atoms with Gasteiger partial charge in [0.25, 0.3) is 5.91 Å². The van der Waals surface area contributed by atoms with Gasteiger partial charge in [-0.1, -0.05) is 12.1 Å². The molecule has 0 saturated carbocycles. The largest absolute Gasteiger partial charge is 0.496 e. The molecule has 1 saturated heterocycles. The lowest BCUT2D eigenvalue weighted by Gasteiger charge is -2.22. The Hall–Kier alpha value is -2.24. The smallest absolute Gasteiger partial charge is 0.409 e. The molecule has 1 aliphatic heterocycles. The molecule has 6 nitrogen and oxygen atoms in total. The van der Waals surface area contributed by atoms with E-state index < -0.39 is 0 Å². The first-order valence-corrected chi connectivity index (χ1v) is 7.51. The Morgan fingerprint density at radius 2 is 1.77 bits per heavy atom.